The zero-order valence-corrected chi connectivity index (χ0v) is 11.8. The number of ether oxygens (including phenoxy) is 1. The molecule has 110 valence electrons. The first kappa shape index (κ1) is 14.7. The number of nitrogens with one attached hydrogen (secondary N) is 1. The Morgan fingerprint density at radius 2 is 2.35 bits per heavy atom. The number of fused-ring (bicyclic) bond motifs is 1. The molecule has 10 heteroatoms. The maximum absolute atomic E-state index is 11.5. The van der Waals surface area contributed by atoms with Crippen LogP contribution in [0.1, 0.15) is 6.42 Å². The molecule has 0 radical (unpaired) electrons. The molecule has 9 nitrogen and oxygen atoms in total. The van der Waals surface area contributed by atoms with Crippen LogP contribution < -0.4 is 11.3 Å². The van der Waals surface area contributed by atoms with Crippen LogP contribution >= 0.6 is 7.37 Å². The van der Waals surface area contributed by atoms with Crippen LogP contribution in [0.4, 0.5) is 5.95 Å². The lowest BCUT2D eigenvalue weighted by molar-refractivity contribution is 0.0798. The fourth-order valence-corrected chi connectivity index (χ4v) is 2.40. The lowest BCUT2D eigenvalue weighted by Gasteiger charge is -2.07. The lowest BCUT2D eigenvalue weighted by Crippen LogP contribution is -2.13. The number of hydrogen-bond acceptors (Lipinski definition) is 6. The molecule has 4 N–H and O–H groups in total. The van der Waals surface area contributed by atoms with Crippen LogP contribution in [0.2, 0.25) is 0 Å². The maximum atomic E-state index is 11.5. The number of anilines is 1. The minimum atomic E-state index is -2.99. The van der Waals surface area contributed by atoms with Crippen molar-refractivity contribution in [3.63, 3.8) is 0 Å². The monoisotopic (exact) mass is 301 g/mol. The summed E-state index contributed by atoms with van der Waals surface area (Å²) in [6.07, 6.45) is 2.12. The Bertz CT molecular complexity index is 703. The lowest BCUT2D eigenvalue weighted by atomic mass is 10.5. The van der Waals surface area contributed by atoms with Gasteiger partial charge in [0.15, 0.2) is 18.5 Å². The van der Waals surface area contributed by atoms with Crippen molar-refractivity contribution >= 4 is 24.5 Å². The van der Waals surface area contributed by atoms with Crippen molar-refractivity contribution in [1.29, 1.82) is 0 Å². The number of aromatic amines is 1. The molecule has 2 aromatic heterocycles. The Hall–Kier alpha value is -1.70. The van der Waals surface area contributed by atoms with E-state index in [1.54, 1.807) is 4.57 Å². The summed E-state index contributed by atoms with van der Waals surface area (Å²) >= 11 is 0. The van der Waals surface area contributed by atoms with Gasteiger partial charge in [-0.05, 0) is 6.42 Å². The van der Waals surface area contributed by atoms with E-state index in [2.05, 4.69) is 15.0 Å². The number of H-pyrrole nitrogens is 1. The topological polar surface area (TPSA) is 136 Å². The summed E-state index contributed by atoms with van der Waals surface area (Å²) in [4.78, 5) is 31.0. The number of hydrogen-bond donors (Lipinski definition) is 3. The Balaban J connectivity index is 1.97. The van der Waals surface area contributed by atoms with Gasteiger partial charge >= 0.3 is 0 Å². The molecule has 0 spiro atoms. The van der Waals surface area contributed by atoms with Gasteiger partial charge in [0.1, 0.15) is 6.73 Å². The molecule has 0 fully saturated rings. The Kier molecular flexibility index (Phi) is 4.22. The van der Waals surface area contributed by atoms with Gasteiger partial charge in [-0.25, -0.2) is 4.98 Å². The number of nitrogen functional groups attached to an aromatic ring is 1. The van der Waals surface area contributed by atoms with E-state index < -0.39 is 12.9 Å². The summed E-state index contributed by atoms with van der Waals surface area (Å²) in [7, 11) is -2.99. The normalized spacial score (nSPS) is 14.5. The van der Waals surface area contributed by atoms with Crippen LogP contribution in [0.5, 0.6) is 0 Å². The minimum Gasteiger partial charge on any atom is -0.369 e. The second-order valence-corrected chi connectivity index (χ2v) is 7.05. The van der Waals surface area contributed by atoms with Crippen molar-refractivity contribution in [3.05, 3.63) is 16.7 Å². The van der Waals surface area contributed by atoms with E-state index in [1.165, 1.54) is 13.0 Å². The standard InChI is InChI=1S/C10H16N5O4P/c1-20(17,18)4-2-3-19-6-15-5-12-7-8(15)13-10(11)14-9(7)16/h5H,2-4,6H2,1H3,(H,17,18)(H3,11,13,14,16). The second kappa shape index (κ2) is 5.74. The highest BCUT2D eigenvalue weighted by molar-refractivity contribution is 7.57. The molecule has 0 amide bonds. The van der Waals surface area contributed by atoms with Crippen molar-refractivity contribution in [2.45, 2.75) is 13.2 Å². The summed E-state index contributed by atoms with van der Waals surface area (Å²) in [5.74, 6) is 0.0106. The fourth-order valence-electron chi connectivity index (χ4n) is 1.69. The summed E-state index contributed by atoms with van der Waals surface area (Å²) < 4.78 is 18.0. The van der Waals surface area contributed by atoms with Gasteiger partial charge in [0.25, 0.3) is 5.56 Å². The van der Waals surface area contributed by atoms with Gasteiger partial charge < -0.3 is 15.4 Å². The minimum absolute atomic E-state index is 0.0106. The predicted octanol–water partition coefficient (Wildman–Crippen LogP) is -0.0338. The van der Waals surface area contributed by atoms with E-state index in [1.807, 2.05) is 0 Å². The first-order valence-electron chi connectivity index (χ1n) is 5.94. The molecule has 0 aliphatic heterocycles. The maximum Gasteiger partial charge on any atom is 0.280 e. The molecule has 0 saturated heterocycles. The predicted molar refractivity (Wildman–Crippen MR) is 73.7 cm³/mol. The molecule has 1 unspecified atom stereocenters. The SMILES string of the molecule is CP(=O)(O)CCCOCn1cnc2c(=O)[nH]c(N)nc21. The molecule has 2 heterocycles. The quantitative estimate of drug-likeness (QED) is 0.503. The smallest absolute Gasteiger partial charge is 0.280 e. The molecule has 2 aromatic rings. The van der Waals surface area contributed by atoms with Crippen LogP contribution in [0.25, 0.3) is 11.2 Å². The van der Waals surface area contributed by atoms with Gasteiger partial charge in [-0.3, -0.25) is 18.9 Å². The highest BCUT2D eigenvalue weighted by atomic mass is 31.2. The molecule has 0 saturated carbocycles. The van der Waals surface area contributed by atoms with Crippen molar-refractivity contribution in [2.75, 3.05) is 25.2 Å². The van der Waals surface area contributed by atoms with Gasteiger partial charge in [0.05, 0.1) is 6.33 Å². The number of rotatable bonds is 6. The van der Waals surface area contributed by atoms with Gasteiger partial charge in [-0.1, -0.05) is 0 Å². The average molecular weight is 301 g/mol. The van der Waals surface area contributed by atoms with E-state index in [4.69, 9.17) is 15.4 Å². The van der Waals surface area contributed by atoms with E-state index in [0.717, 1.165) is 0 Å². The molecular formula is C10H16N5O4P. The largest absolute Gasteiger partial charge is 0.369 e. The van der Waals surface area contributed by atoms with E-state index in [9.17, 15) is 9.36 Å². The molecule has 2 rings (SSSR count). The molecule has 0 aliphatic rings. The molecule has 20 heavy (non-hydrogen) atoms. The van der Waals surface area contributed by atoms with Crippen LogP contribution in [0, 0.1) is 0 Å². The molecule has 0 bridgehead atoms. The van der Waals surface area contributed by atoms with E-state index in [-0.39, 0.29) is 24.4 Å². The van der Waals surface area contributed by atoms with Crippen LogP contribution in [0.3, 0.4) is 0 Å². The van der Waals surface area contributed by atoms with Crippen LogP contribution in [-0.4, -0.2) is 43.8 Å². The number of nitrogens with zero attached hydrogens (tertiary/aromatic N) is 3. The van der Waals surface area contributed by atoms with Crippen molar-refractivity contribution < 1.29 is 14.2 Å². The zero-order valence-electron chi connectivity index (χ0n) is 10.9. The second-order valence-electron chi connectivity index (χ2n) is 4.50. The van der Waals surface area contributed by atoms with Gasteiger partial charge in [-0.2, -0.15) is 4.98 Å². The number of nitrogens with two attached hydrogens (primary N) is 1. The Morgan fingerprint density at radius 1 is 1.60 bits per heavy atom. The molecular weight excluding hydrogens is 285 g/mol. The number of aromatic nitrogens is 4. The van der Waals surface area contributed by atoms with Crippen molar-refractivity contribution in [3.8, 4) is 0 Å². The summed E-state index contributed by atoms with van der Waals surface area (Å²) in [5.41, 5.74) is 5.60. The molecule has 0 aliphatic carbocycles. The number of imidazole rings is 1. The van der Waals surface area contributed by atoms with Gasteiger partial charge in [0, 0.05) is 19.4 Å². The Labute approximate surface area is 114 Å². The fraction of sp³-hybridized carbons (Fsp3) is 0.500. The third-order valence-electron chi connectivity index (χ3n) is 2.59. The van der Waals surface area contributed by atoms with Crippen molar-refractivity contribution in [1.82, 2.24) is 19.5 Å². The summed E-state index contributed by atoms with van der Waals surface area (Å²) in [5, 5.41) is 0. The molecule has 0 aromatic carbocycles. The van der Waals surface area contributed by atoms with Crippen LogP contribution in [0.15, 0.2) is 11.1 Å². The summed E-state index contributed by atoms with van der Waals surface area (Å²) in [6.45, 7) is 1.79. The summed E-state index contributed by atoms with van der Waals surface area (Å²) in [6, 6.07) is 0. The van der Waals surface area contributed by atoms with E-state index in [0.29, 0.717) is 18.7 Å². The van der Waals surface area contributed by atoms with Gasteiger partial charge in [0.2, 0.25) is 5.95 Å². The zero-order chi connectivity index (χ0) is 14.8. The highest BCUT2D eigenvalue weighted by Gasteiger charge is 2.10. The highest BCUT2D eigenvalue weighted by Crippen LogP contribution is 2.35. The van der Waals surface area contributed by atoms with Gasteiger partial charge in [-0.15, -0.1) is 0 Å². The first-order chi connectivity index (χ1) is 9.37. The first-order valence-corrected chi connectivity index (χ1v) is 8.24. The van der Waals surface area contributed by atoms with Crippen LogP contribution in [-0.2, 0) is 16.0 Å². The third kappa shape index (κ3) is 3.66. The van der Waals surface area contributed by atoms with E-state index >= 15 is 0 Å². The van der Waals surface area contributed by atoms with Crippen molar-refractivity contribution in [2.24, 2.45) is 0 Å². The average Bonchev–Trinajstić information content (AvgIpc) is 2.70. The third-order valence-corrected chi connectivity index (χ3v) is 3.73. The Morgan fingerprint density at radius 3 is 3.05 bits per heavy atom. The molecule has 1 atom stereocenters.